The van der Waals surface area contributed by atoms with Crippen molar-refractivity contribution in [3.8, 4) is 6.07 Å². The van der Waals surface area contributed by atoms with E-state index < -0.39 is 11.4 Å². The molecule has 0 heterocycles. The molecule has 2 nitrogen and oxygen atoms in total. The minimum atomic E-state index is -1.40. The average Bonchev–Trinajstić information content (AvgIpc) is 2.04. The van der Waals surface area contributed by atoms with Crippen LogP contribution in [-0.2, 0) is 5.60 Å². The molecular formula is C10H10FNO. The van der Waals surface area contributed by atoms with Crippen LogP contribution in [0.4, 0.5) is 4.39 Å². The largest absolute Gasteiger partial charge is 0.384 e. The highest BCUT2D eigenvalue weighted by Gasteiger charge is 2.25. The molecule has 0 saturated carbocycles. The number of rotatable bonds is 2. The van der Waals surface area contributed by atoms with Crippen molar-refractivity contribution in [3.63, 3.8) is 0 Å². The molecule has 1 aromatic carbocycles. The van der Waals surface area contributed by atoms with Crippen molar-refractivity contribution in [2.24, 2.45) is 0 Å². The number of halogens is 1. The van der Waals surface area contributed by atoms with E-state index in [1.165, 1.54) is 19.1 Å². The van der Waals surface area contributed by atoms with Gasteiger partial charge in [0.2, 0.25) is 0 Å². The van der Waals surface area contributed by atoms with Crippen LogP contribution in [0.2, 0.25) is 0 Å². The Morgan fingerprint density at radius 2 is 2.15 bits per heavy atom. The highest BCUT2D eigenvalue weighted by Crippen LogP contribution is 2.25. The van der Waals surface area contributed by atoms with Crippen molar-refractivity contribution >= 4 is 0 Å². The molecule has 0 aliphatic carbocycles. The van der Waals surface area contributed by atoms with Crippen molar-refractivity contribution < 1.29 is 9.50 Å². The third-order valence-corrected chi connectivity index (χ3v) is 1.88. The van der Waals surface area contributed by atoms with Gasteiger partial charge in [-0.2, -0.15) is 5.26 Å². The van der Waals surface area contributed by atoms with E-state index in [9.17, 15) is 9.50 Å². The molecule has 3 heteroatoms. The Balaban J connectivity index is 3.08. The Hall–Kier alpha value is -1.40. The van der Waals surface area contributed by atoms with E-state index >= 15 is 0 Å². The van der Waals surface area contributed by atoms with Crippen molar-refractivity contribution in [3.05, 3.63) is 35.6 Å². The molecule has 1 unspecified atom stereocenters. The summed E-state index contributed by atoms with van der Waals surface area (Å²) in [6.07, 6.45) is -0.117. The second-order valence-corrected chi connectivity index (χ2v) is 3.09. The van der Waals surface area contributed by atoms with Crippen LogP contribution in [0, 0.1) is 17.1 Å². The molecule has 1 rings (SSSR count). The van der Waals surface area contributed by atoms with Gasteiger partial charge >= 0.3 is 0 Å². The van der Waals surface area contributed by atoms with Gasteiger partial charge in [0.15, 0.2) is 0 Å². The summed E-state index contributed by atoms with van der Waals surface area (Å²) in [6.45, 7) is 1.43. The van der Waals surface area contributed by atoms with Crippen LogP contribution in [0.25, 0.3) is 0 Å². The van der Waals surface area contributed by atoms with Crippen LogP contribution in [0.3, 0.4) is 0 Å². The standard InChI is InChI=1S/C10H10FNO/c1-10(13,6-7-12)8-4-2-3-5-9(8)11/h2-5,13H,6H2,1H3. The second kappa shape index (κ2) is 3.55. The van der Waals surface area contributed by atoms with Gasteiger partial charge in [-0.3, -0.25) is 0 Å². The van der Waals surface area contributed by atoms with Gasteiger partial charge in [-0.05, 0) is 13.0 Å². The third-order valence-electron chi connectivity index (χ3n) is 1.88. The van der Waals surface area contributed by atoms with E-state index in [1.807, 2.05) is 6.07 Å². The van der Waals surface area contributed by atoms with Crippen molar-refractivity contribution in [2.75, 3.05) is 0 Å². The Labute approximate surface area is 76.2 Å². The number of hydrogen-bond donors (Lipinski definition) is 1. The lowest BCUT2D eigenvalue weighted by Gasteiger charge is -2.20. The van der Waals surface area contributed by atoms with Crippen LogP contribution in [-0.4, -0.2) is 5.11 Å². The first-order chi connectivity index (χ1) is 6.08. The fourth-order valence-corrected chi connectivity index (χ4v) is 1.15. The summed E-state index contributed by atoms with van der Waals surface area (Å²) in [5.74, 6) is -0.484. The normalized spacial score (nSPS) is 14.6. The summed E-state index contributed by atoms with van der Waals surface area (Å²) in [4.78, 5) is 0. The van der Waals surface area contributed by atoms with Gasteiger partial charge in [-0.1, -0.05) is 18.2 Å². The predicted molar refractivity (Wildman–Crippen MR) is 46.2 cm³/mol. The van der Waals surface area contributed by atoms with Gasteiger partial charge in [0.05, 0.1) is 12.5 Å². The van der Waals surface area contributed by atoms with Crippen LogP contribution >= 0.6 is 0 Å². The zero-order chi connectivity index (χ0) is 9.90. The topological polar surface area (TPSA) is 44.0 Å². The molecule has 0 aliphatic rings. The van der Waals surface area contributed by atoms with Gasteiger partial charge in [0, 0.05) is 5.56 Å². The van der Waals surface area contributed by atoms with Gasteiger partial charge in [-0.25, -0.2) is 4.39 Å². The zero-order valence-electron chi connectivity index (χ0n) is 7.29. The molecule has 1 N–H and O–H groups in total. The Morgan fingerprint density at radius 3 is 2.69 bits per heavy atom. The molecule has 0 bridgehead atoms. The maximum absolute atomic E-state index is 13.1. The van der Waals surface area contributed by atoms with Gasteiger partial charge in [0.25, 0.3) is 0 Å². The number of nitriles is 1. The minimum Gasteiger partial charge on any atom is -0.384 e. The maximum atomic E-state index is 13.1. The molecule has 0 aromatic heterocycles. The predicted octanol–water partition coefficient (Wildman–Crippen LogP) is 1.95. The molecular weight excluding hydrogens is 169 g/mol. The Bertz CT molecular complexity index is 341. The summed E-state index contributed by atoms with van der Waals surface area (Å²) in [6, 6.07) is 7.73. The SMILES string of the molecule is CC(O)(CC#N)c1ccccc1F. The van der Waals surface area contributed by atoms with Crippen molar-refractivity contribution in [1.29, 1.82) is 5.26 Å². The molecule has 0 amide bonds. The van der Waals surface area contributed by atoms with E-state index in [2.05, 4.69) is 0 Å². The molecule has 1 aromatic rings. The van der Waals surface area contributed by atoms with E-state index in [4.69, 9.17) is 5.26 Å². The van der Waals surface area contributed by atoms with E-state index in [0.29, 0.717) is 0 Å². The Morgan fingerprint density at radius 1 is 1.54 bits per heavy atom. The molecule has 13 heavy (non-hydrogen) atoms. The number of aliphatic hydroxyl groups is 1. The smallest absolute Gasteiger partial charge is 0.129 e. The van der Waals surface area contributed by atoms with E-state index in [1.54, 1.807) is 12.1 Å². The summed E-state index contributed by atoms with van der Waals surface area (Å²) in [5, 5.41) is 18.1. The monoisotopic (exact) mass is 179 g/mol. The lowest BCUT2D eigenvalue weighted by molar-refractivity contribution is 0.0585. The van der Waals surface area contributed by atoms with E-state index in [0.717, 1.165) is 0 Å². The molecule has 0 saturated heterocycles. The van der Waals surface area contributed by atoms with Crippen LogP contribution in [0.5, 0.6) is 0 Å². The number of hydrogen-bond acceptors (Lipinski definition) is 2. The van der Waals surface area contributed by atoms with Gasteiger partial charge in [-0.15, -0.1) is 0 Å². The lowest BCUT2D eigenvalue weighted by atomic mass is 9.93. The van der Waals surface area contributed by atoms with Gasteiger partial charge in [0.1, 0.15) is 11.4 Å². The minimum absolute atomic E-state index is 0.117. The molecule has 0 fully saturated rings. The highest BCUT2D eigenvalue weighted by atomic mass is 19.1. The fourth-order valence-electron chi connectivity index (χ4n) is 1.15. The first-order valence-corrected chi connectivity index (χ1v) is 3.92. The van der Waals surface area contributed by atoms with Crippen molar-refractivity contribution in [2.45, 2.75) is 18.9 Å². The maximum Gasteiger partial charge on any atom is 0.129 e. The van der Waals surface area contributed by atoms with Gasteiger partial charge < -0.3 is 5.11 Å². The third kappa shape index (κ3) is 2.04. The average molecular weight is 179 g/mol. The van der Waals surface area contributed by atoms with Crippen LogP contribution in [0.15, 0.2) is 24.3 Å². The lowest BCUT2D eigenvalue weighted by Crippen LogP contribution is -2.21. The van der Waals surface area contributed by atoms with Crippen molar-refractivity contribution in [1.82, 2.24) is 0 Å². The molecule has 0 spiro atoms. The Kier molecular flexibility index (Phi) is 2.64. The zero-order valence-corrected chi connectivity index (χ0v) is 7.29. The summed E-state index contributed by atoms with van der Waals surface area (Å²) >= 11 is 0. The summed E-state index contributed by atoms with van der Waals surface area (Å²) in [5.41, 5.74) is -1.24. The summed E-state index contributed by atoms with van der Waals surface area (Å²) < 4.78 is 13.1. The quantitative estimate of drug-likeness (QED) is 0.754. The first-order valence-electron chi connectivity index (χ1n) is 3.92. The second-order valence-electron chi connectivity index (χ2n) is 3.09. The number of nitrogens with zero attached hydrogens (tertiary/aromatic N) is 1. The molecule has 68 valence electrons. The molecule has 0 radical (unpaired) electrons. The first kappa shape index (κ1) is 9.69. The fraction of sp³-hybridized carbons (Fsp3) is 0.300. The summed E-state index contributed by atoms with van der Waals surface area (Å²) in [7, 11) is 0. The van der Waals surface area contributed by atoms with E-state index in [-0.39, 0.29) is 12.0 Å². The number of benzene rings is 1. The van der Waals surface area contributed by atoms with Crippen LogP contribution < -0.4 is 0 Å². The molecule has 1 atom stereocenters. The molecule has 0 aliphatic heterocycles. The highest BCUT2D eigenvalue weighted by molar-refractivity contribution is 5.24. The van der Waals surface area contributed by atoms with Crippen LogP contribution in [0.1, 0.15) is 18.9 Å².